The van der Waals surface area contributed by atoms with E-state index in [4.69, 9.17) is 0 Å². The van der Waals surface area contributed by atoms with Crippen LogP contribution in [0.15, 0.2) is 35.4 Å². The Morgan fingerprint density at radius 2 is 1.93 bits per heavy atom. The molecule has 8 heteroatoms. The Hall–Kier alpha value is -2.06. The highest BCUT2D eigenvalue weighted by molar-refractivity contribution is 7.89. The van der Waals surface area contributed by atoms with Crippen LogP contribution in [0.1, 0.15) is 20.3 Å². The number of nitrogens with one attached hydrogen (secondary N) is 1. The molecule has 1 aromatic heterocycles. The molecule has 0 radical (unpaired) electrons. The van der Waals surface area contributed by atoms with Crippen LogP contribution in [0.2, 0.25) is 0 Å². The van der Waals surface area contributed by atoms with Gasteiger partial charge in [-0.15, -0.1) is 0 Å². The number of nitrogens with zero attached hydrogens (tertiary/aromatic N) is 3. The Labute approximate surface area is 161 Å². The lowest BCUT2D eigenvalue weighted by Gasteiger charge is -2.22. The van der Waals surface area contributed by atoms with Crippen LogP contribution in [0.5, 0.6) is 0 Å². The number of carbonyl (C=O) groups is 1. The molecule has 1 aliphatic rings. The first kappa shape index (κ1) is 19.7. The predicted octanol–water partition coefficient (Wildman–Crippen LogP) is 2.24. The minimum Gasteiger partial charge on any atom is -0.351 e. The average Bonchev–Trinajstić information content (AvgIpc) is 2.84. The first-order valence-corrected chi connectivity index (χ1v) is 10.8. The summed E-state index contributed by atoms with van der Waals surface area (Å²) in [4.78, 5) is 14.3. The molecule has 0 saturated carbocycles. The van der Waals surface area contributed by atoms with E-state index in [0.717, 1.165) is 10.9 Å². The van der Waals surface area contributed by atoms with Gasteiger partial charge < -0.3 is 14.8 Å². The van der Waals surface area contributed by atoms with Crippen LogP contribution in [0.25, 0.3) is 10.9 Å². The van der Waals surface area contributed by atoms with Crippen molar-refractivity contribution in [1.29, 1.82) is 0 Å². The van der Waals surface area contributed by atoms with E-state index in [1.165, 1.54) is 4.31 Å². The lowest BCUT2D eigenvalue weighted by molar-refractivity contribution is 0.199. The summed E-state index contributed by atoms with van der Waals surface area (Å²) < 4.78 is 29.6. The van der Waals surface area contributed by atoms with Crippen LogP contribution in [0, 0.1) is 5.92 Å². The normalized spacial score (nSPS) is 16.7. The summed E-state index contributed by atoms with van der Waals surface area (Å²) in [6.45, 7) is 6.40. The van der Waals surface area contributed by atoms with Crippen LogP contribution < -0.4 is 5.32 Å². The molecule has 0 bridgehead atoms. The third kappa shape index (κ3) is 4.27. The number of aromatic nitrogens is 1. The van der Waals surface area contributed by atoms with Crippen LogP contribution in [0.3, 0.4) is 0 Å². The molecule has 7 nitrogen and oxygen atoms in total. The quantitative estimate of drug-likeness (QED) is 0.867. The standard InChI is InChI=1S/C19H28N4O3S/c1-15(2)14-20-19(24)22-8-4-9-23(12-11-22)27(25,26)17-5-6-18-16(13-17)7-10-21(18)3/h5-7,10,13,15H,4,8-9,11-12,14H2,1-3H3,(H,20,24). The van der Waals surface area contributed by atoms with E-state index in [1.807, 2.05) is 43.8 Å². The van der Waals surface area contributed by atoms with Gasteiger partial charge >= 0.3 is 6.03 Å². The van der Waals surface area contributed by atoms with E-state index in [2.05, 4.69) is 5.32 Å². The summed E-state index contributed by atoms with van der Waals surface area (Å²) in [5.74, 6) is 0.380. The Balaban J connectivity index is 1.72. The van der Waals surface area contributed by atoms with E-state index in [1.54, 1.807) is 17.0 Å². The topological polar surface area (TPSA) is 74.7 Å². The van der Waals surface area contributed by atoms with E-state index in [9.17, 15) is 13.2 Å². The summed E-state index contributed by atoms with van der Waals surface area (Å²) in [6, 6.07) is 7.02. The molecular formula is C19H28N4O3S. The lowest BCUT2D eigenvalue weighted by atomic mass is 10.2. The van der Waals surface area contributed by atoms with Gasteiger partial charge in [0, 0.05) is 56.9 Å². The Kier molecular flexibility index (Phi) is 5.76. The summed E-state index contributed by atoms with van der Waals surface area (Å²) >= 11 is 0. The van der Waals surface area contributed by atoms with Crippen molar-refractivity contribution < 1.29 is 13.2 Å². The van der Waals surface area contributed by atoms with Gasteiger partial charge in [0.1, 0.15) is 0 Å². The predicted molar refractivity (Wildman–Crippen MR) is 106 cm³/mol. The monoisotopic (exact) mass is 392 g/mol. The van der Waals surface area contributed by atoms with Gasteiger partial charge in [0.15, 0.2) is 0 Å². The number of hydrogen-bond acceptors (Lipinski definition) is 3. The maximum Gasteiger partial charge on any atom is 0.317 e. The highest BCUT2D eigenvalue weighted by atomic mass is 32.2. The van der Waals surface area contributed by atoms with Crippen LogP contribution in [0.4, 0.5) is 4.79 Å². The van der Waals surface area contributed by atoms with Gasteiger partial charge in [-0.3, -0.25) is 0 Å². The zero-order valence-corrected chi connectivity index (χ0v) is 17.0. The number of benzene rings is 1. The van der Waals surface area contributed by atoms with Crippen LogP contribution >= 0.6 is 0 Å². The van der Waals surface area contributed by atoms with E-state index < -0.39 is 10.0 Å². The van der Waals surface area contributed by atoms with Gasteiger partial charge in [-0.05, 0) is 36.6 Å². The maximum absolute atomic E-state index is 13.1. The second-order valence-electron chi connectivity index (χ2n) is 7.47. The molecule has 3 rings (SSSR count). The third-order valence-corrected chi connectivity index (χ3v) is 6.79. The molecular weight excluding hydrogens is 364 g/mol. The summed E-state index contributed by atoms with van der Waals surface area (Å²) in [6.07, 6.45) is 2.54. The molecule has 0 atom stereocenters. The molecule has 1 aromatic carbocycles. The highest BCUT2D eigenvalue weighted by Crippen LogP contribution is 2.23. The molecule has 1 fully saturated rings. The zero-order valence-electron chi connectivity index (χ0n) is 16.2. The fraction of sp³-hybridized carbons (Fsp3) is 0.526. The van der Waals surface area contributed by atoms with Crippen molar-refractivity contribution in [1.82, 2.24) is 19.1 Å². The molecule has 2 heterocycles. The average molecular weight is 393 g/mol. The number of aryl methyl sites for hydroxylation is 1. The molecule has 148 valence electrons. The lowest BCUT2D eigenvalue weighted by Crippen LogP contribution is -2.43. The maximum atomic E-state index is 13.1. The molecule has 1 N–H and O–H groups in total. The molecule has 27 heavy (non-hydrogen) atoms. The minimum atomic E-state index is -3.58. The fourth-order valence-electron chi connectivity index (χ4n) is 3.31. The molecule has 0 spiro atoms. The van der Waals surface area contributed by atoms with Crippen molar-refractivity contribution in [2.75, 3.05) is 32.7 Å². The van der Waals surface area contributed by atoms with Crippen LogP contribution in [-0.2, 0) is 17.1 Å². The molecule has 2 aromatic rings. The summed E-state index contributed by atoms with van der Waals surface area (Å²) in [5.41, 5.74) is 0.998. The van der Waals surface area contributed by atoms with Gasteiger partial charge in [-0.25, -0.2) is 13.2 Å². The zero-order chi connectivity index (χ0) is 19.6. The van der Waals surface area contributed by atoms with Gasteiger partial charge in [-0.2, -0.15) is 4.31 Å². The van der Waals surface area contributed by atoms with Crippen molar-refractivity contribution in [3.05, 3.63) is 30.5 Å². The molecule has 1 saturated heterocycles. The Bertz CT molecular complexity index is 920. The van der Waals surface area contributed by atoms with Gasteiger partial charge in [0.25, 0.3) is 0 Å². The number of carbonyl (C=O) groups excluding carboxylic acids is 1. The van der Waals surface area contributed by atoms with Crippen molar-refractivity contribution in [3.63, 3.8) is 0 Å². The number of fused-ring (bicyclic) bond motifs is 1. The summed E-state index contributed by atoms with van der Waals surface area (Å²) in [5, 5.41) is 3.81. The fourth-order valence-corrected chi connectivity index (χ4v) is 4.82. The number of sulfonamides is 1. The van der Waals surface area contributed by atoms with E-state index in [-0.39, 0.29) is 6.03 Å². The summed E-state index contributed by atoms with van der Waals surface area (Å²) in [7, 11) is -1.64. The number of urea groups is 1. The first-order valence-electron chi connectivity index (χ1n) is 9.37. The smallest absolute Gasteiger partial charge is 0.317 e. The van der Waals surface area contributed by atoms with Crippen molar-refractivity contribution in [2.24, 2.45) is 13.0 Å². The van der Waals surface area contributed by atoms with Crippen molar-refractivity contribution in [2.45, 2.75) is 25.2 Å². The Morgan fingerprint density at radius 3 is 2.67 bits per heavy atom. The second-order valence-corrected chi connectivity index (χ2v) is 9.41. The van der Waals surface area contributed by atoms with E-state index >= 15 is 0 Å². The first-order chi connectivity index (χ1) is 12.8. The van der Waals surface area contributed by atoms with Crippen molar-refractivity contribution >= 4 is 27.0 Å². The second kappa shape index (κ2) is 7.90. The van der Waals surface area contributed by atoms with E-state index in [0.29, 0.717) is 50.0 Å². The number of amides is 2. The molecule has 2 amide bonds. The molecule has 0 unspecified atom stereocenters. The van der Waals surface area contributed by atoms with Gasteiger partial charge in [0.2, 0.25) is 10.0 Å². The van der Waals surface area contributed by atoms with Crippen LogP contribution in [-0.4, -0.2) is 60.9 Å². The molecule has 1 aliphatic heterocycles. The van der Waals surface area contributed by atoms with Crippen molar-refractivity contribution in [3.8, 4) is 0 Å². The largest absolute Gasteiger partial charge is 0.351 e. The van der Waals surface area contributed by atoms with Gasteiger partial charge in [-0.1, -0.05) is 13.8 Å². The minimum absolute atomic E-state index is 0.117. The SMILES string of the molecule is CC(C)CNC(=O)N1CCCN(S(=O)(=O)c2ccc3c(ccn3C)c2)CC1. The highest BCUT2D eigenvalue weighted by Gasteiger charge is 2.28. The number of hydrogen-bond donors (Lipinski definition) is 1. The van der Waals surface area contributed by atoms with Gasteiger partial charge in [0.05, 0.1) is 4.90 Å². The number of rotatable bonds is 4. The molecule has 0 aliphatic carbocycles. The third-order valence-electron chi connectivity index (χ3n) is 4.90. The Morgan fingerprint density at radius 1 is 1.15 bits per heavy atom.